The van der Waals surface area contributed by atoms with E-state index in [9.17, 15) is 0 Å². The molecular formula is C10H22N2. The molecule has 1 aliphatic rings. The highest BCUT2D eigenvalue weighted by Crippen LogP contribution is 2.27. The summed E-state index contributed by atoms with van der Waals surface area (Å²) in [6.45, 7) is 2.23. The standard InChI is InChI=1S/C10H22N2/c1-2-6-10(12-11)9-7-4-3-5-8-9/h9-10,12H,2-8,11H2,1H3. The maximum atomic E-state index is 5.54. The lowest BCUT2D eigenvalue weighted by atomic mass is 9.82. The van der Waals surface area contributed by atoms with Crippen molar-refractivity contribution >= 4 is 0 Å². The minimum absolute atomic E-state index is 0.579. The molecule has 0 aromatic carbocycles. The first kappa shape index (κ1) is 10.0. The second kappa shape index (κ2) is 5.55. The summed E-state index contributed by atoms with van der Waals surface area (Å²) in [5.41, 5.74) is 2.97. The zero-order chi connectivity index (χ0) is 8.81. The largest absolute Gasteiger partial charge is 0.271 e. The third-order valence-electron chi connectivity index (χ3n) is 3.03. The van der Waals surface area contributed by atoms with Gasteiger partial charge in [-0.2, -0.15) is 0 Å². The molecule has 0 heterocycles. The molecule has 0 bridgehead atoms. The molecular weight excluding hydrogens is 148 g/mol. The molecule has 2 heteroatoms. The Labute approximate surface area is 75.9 Å². The van der Waals surface area contributed by atoms with Gasteiger partial charge < -0.3 is 0 Å². The summed E-state index contributed by atoms with van der Waals surface area (Å²) >= 11 is 0. The SMILES string of the molecule is CCCC(NN)C1CCCCC1. The molecule has 0 aliphatic heterocycles. The van der Waals surface area contributed by atoms with Crippen LogP contribution >= 0.6 is 0 Å². The maximum absolute atomic E-state index is 5.54. The molecule has 3 N–H and O–H groups in total. The summed E-state index contributed by atoms with van der Waals surface area (Å²) in [4.78, 5) is 0. The second-order valence-electron chi connectivity index (χ2n) is 3.96. The van der Waals surface area contributed by atoms with E-state index in [1.165, 1.54) is 44.9 Å². The van der Waals surface area contributed by atoms with E-state index in [0.717, 1.165) is 5.92 Å². The lowest BCUT2D eigenvalue weighted by Crippen LogP contribution is -2.41. The fourth-order valence-corrected chi connectivity index (χ4v) is 2.30. The fourth-order valence-electron chi connectivity index (χ4n) is 2.30. The van der Waals surface area contributed by atoms with E-state index in [1.807, 2.05) is 0 Å². The van der Waals surface area contributed by atoms with Crippen LogP contribution in [-0.4, -0.2) is 6.04 Å². The first-order valence-corrected chi connectivity index (χ1v) is 5.34. The van der Waals surface area contributed by atoms with Crippen molar-refractivity contribution in [2.75, 3.05) is 0 Å². The van der Waals surface area contributed by atoms with Crippen molar-refractivity contribution < 1.29 is 0 Å². The molecule has 1 aliphatic carbocycles. The summed E-state index contributed by atoms with van der Waals surface area (Å²) in [5, 5.41) is 0. The second-order valence-corrected chi connectivity index (χ2v) is 3.96. The van der Waals surface area contributed by atoms with E-state index < -0.39 is 0 Å². The molecule has 0 saturated heterocycles. The summed E-state index contributed by atoms with van der Waals surface area (Å²) in [6, 6.07) is 0.579. The predicted octanol–water partition coefficient (Wildman–Crippen LogP) is 2.20. The normalized spacial score (nSPS) is 22.5. The Morgan fingerprint density at radius 1 is 1.33 bits per heavy atom. The number of rotatable bonds is 4. The van der Waals surface area contributed by atoms with Crippen molar-refractivity contribution in [3.63, 3.8) is 0 Å². The quantitative estimate of drug-likeness (QED) is 0.501. The highest BCUT2D eigenvalue weighted by atomic mass is 15.2. The number of hydrogen-bond acceptors (Lipinski definition) is 2. The molecule has 72 valence electrons. The van der Waals surface area contributed by atoms with Crippen molar-refractivity contribution in [1.29, 1.82) is 0 Å². The van der Waals surface area contributed by atoms with E-state index in [1.54, 1.807) is 0 Å². The van der Waals surface area contributed by atoms with Crippen LogP contribution in [0, 0.1) is 5.92 Å². The number of nitrogens with two attached hydrogens (primary N) is 1. The highest BCUT2D eigenvalue weighted by Gasteiger charge is 2.21. The van der Waals surface area contributed by atoms with Gasteiger partial charge in [-0.1, -0.05) is 32.6 Å². The van der Waals surface area contributed by atoms with Crippen molar-refractivity contribution in [3.8, 4) is 0 Å². The van der Waals surface area contributed by atoms with Crippen molar-refractivity contribution in [2.24, 2.45) is 11.8 Å². The third kappa shape index (κ3) is 2.76. The molecule has 1 fully saturated rings. The Morgan fingerprint density at radius 2 is 2.00 bits per heavy atom. The monoisotopic (exact) mass is 170 g/mol. The van der Waals surface area contributed by atoms with Crippen molar-refractivity contribution in [1.82, 2.24) is 5.43 Å². The van der Waals surface area contributed by atoms with Crippen LogP contribution in [0.4, 0.5) is 0 Å². The molecule has 1 unspecified atom stereocenters. The smallest absolute Gasteiger partial charge is 0.0238 e. The fraction of sp³-hybridized carbons (Fsp3) is 1.00. The van der Waals surface area contributed by atoms with Crippen LogP contribution in [0.2, 0.25) is 0 Å². The van der Waals surface area contributed by atoms with E-state index in [2.05, 4.69) is 12.3 Å². The number of hydrazine groups is 1. The zero-order valence-electron chi connectivity index (χ0n) is 8.18. The van der Waals surface area contributed by atoms with Crippen LogP contribution in [-0.2, 0) is 0 Å². The topological polar surface area (TPSA) is 38.0 Å². The molecule has 0 radical (unpaired) electrons. The average Bonchev–Trinajstić information content (AvgIpc) is 2.15. The van der Waals surface area contributed by atoms with E-state index >= 15 is 0 Å². The summed E-state index contributed by atoms with van der Waals surface area (Å²) < 4.78 is 0. The van der Waals surface area contributed by atoms with Crippen LogP contribution in [0.15, 0.2) is 0 Å². The van der Waals surface area contributed by atoms with Gasteiger partial charge in [-0.05, 0) is 25.2 Å². The third-order valence-corrected chi connectivity index (χ3v) is 3.03. The molecule has 0 amide bonds. The Morgan fingerprint density at radius 3 is 2.50 bits per heavy atom. The predicted molar refractivity (Wildman–Crippen MR) is 52.6 cm³/mol. The van der Waals surface area contributed by atoms with Gasteiger partial charge in [-0.25, -0.2) is 0 Å². The average molecular weight is 170 g/mol. The van der Waals surface area contributed by atoms with E-state index in [-0.39, 0.29) is 0 Å². The van der Waals surface area contributed by atoms with Gasteiger partial charge in [-0.15, -0.1) is 0 Å². The zero-order valence-corrected chi connectivity index (χ0v) is 8.18. The molecule has 1 atom stereocenters. The Kier molecular flexibility index (Phi) is 4.62. The van der Waals surface area contributed by atoms with Gasteiger partial charge in [0.05, 0.1) is 0 Å². The van der Waals surface area contributed by atoms with Crippen LogP contribution in [0.25, 0.3) is 0 Å². The molecule has 1 rings (SSSR count). The van der Waals surface area contributed by atoms with E-state index in [0.29, 0.717) is 6.04 Å². The molecule has 12 heavy (non-hydrogen) atoms. The van der Waals surface area contributed by atoms with Gasteiger partial charge in [-0.3, -0.25) is 11.3 Å². The Hall–Kier alpha value is -0.0800. The highest BCUT2D eigenvalue weighted by molar-refractivity contribution is 4.77. The number of nitrogens with one attached hydrogen (secondary N) is 1. The van der Waals surface area contributed by atoms with Crippen LogP contribution < -0.4 is 11.3 Å². The van der Waals surface area contributed by atoms with Gasteiger partial charge >= 0.3 is 0 Å². The summed E-state index contributed by atoms with van der Waals surface area (Å²) in [7, 11) is 0. The molecule has 1 saturated carbocycles. The number of hydrogen-bond donors (Lipinski definition) is 2. The van der Waals surface area contributed by atoms with Gasteiger partial charge in [0.15, 0.2) is 0 Å². The Bertz CT molecular complexity index is 106. The summed E-state index contributed by atoms with van der Waals surface area (Å²) in [5.74, 6) is 6.39. The van der Waals surface area contributed by atoms with Crippen LogP contribution in [0.5, 0.6) is 0 Å². The lowest BCUT2D eigenvalue weighted by Gasteiger charge is -2.29. The molecule has 0 aromatic heterocycles. The first-order chi connectivity index (χ1) is 5.88. The minimum Gasteiger partial charge on any atom is -0.271 e. The van der Waals surface area contributed by atoms with E-state index in [4.69, 9.17) is 5.84 Å². The van der Waals surface area contributed by atoms with Crippen molar-refractivity contribution in [3.05, 3.63) is 0 Å². The van der Waals surface area contributed by atoms with Gasteiger partial charge in [0.1, 0.15) is 0 Å². The lowest BCUT2D eigenvalue weighted by molar-refractivity contribution is 0.258. The van der Waals surface area contributed by atoms with Gasteiger partial charge in [0.2, 0.25) is 0 Å². The maximum Gasteiger partial charge on any atom is 0.0238 e. The summed E-state index contributed by atoms with van der Waals surface area (Å²) in [6.07, 6.45) is 9.50. The molecule has 2 nitrogen and oxygen atoms in total. The Balaban J connectivity index is 2.29. The van der Waals surface area contributed by atoms with Crippen LogP contribution in [0.1, 0.15) is 51.9 Å². The van der Waals surface area contributed by atoms with Gasteiger partial charge in [0.25, 0.3) is 0 Å². The minimum atomic E-state index is 0.579. The van der Waals surface area contributed by atoms with Crippen LogP contribution in [0.3, 0.4) is 0 Å². The molecule has 0 aromatic rings. The first-order valence-electron chi connectivity index (χ1n) is 5.34. The van der Waals surface area contributed by atoms with Gasteiger partial charge in [0, 0.05) is 6.04 Å². The molecule has 0 spiro atoms. The van der Waals surface area contributed by atoms with Crippen molar-refractivity contribution in [2.45, 2.75) is 57.9 Å².